The van der Waals surface area contributed by atoms with Crippen LogP contribution in [0.5, 0.6) is 5.75 Å². The lowest BCUT2D eigenvalue weighted by Gasteiger charge is -2.16. The lowest BCUT2D eigenvalue weighted by atomic mass is 9.96. The van der Waals surface area contributed by atoms with E-state index in [2.05, 4.69) is 26.0 Å². The van der Waals surface area contributed by atoms with E-state index >= 15 is 0 Å². The molecule has 1 N–H and O–H groups in total. The van der Waals surface area contributed by atoms with Crippen molar-refractivity contribution in [3.8, 4) is 5.75 Å². The van der Waals surface area contributed by atoms with E-state index in [1.807, 2.05) is 6.07 Å². The van der Waals surface area contributed by atoms with Gasteiger partial charge in [-0.3, -0.25) is 4.55 Å². The van der Waals surface area contributed by atoms with Crippen molar-refractivity contribution in [1.82, 2.24) is 0 Å². The van der Waals surface area contributed by atoms with Gasteiger partial charge in [0.2, 0.25) is 0 Å². The Labute approximate surface area is 153 Å². The first kappa shape index (κ1) is 22.0. The summed E-state index contributed by atoms with van der Waals surface area (Å²) in [6.45, 7) is 4.91. The Balaban J connectivity index is 2.66. The van der Waals surface area contributed by atoms with Gasteiger partial charge < -0.3 is 4.74 Å². The molecule has 0 aliphatic carbocycles. The molecule has 1 rings (SSSR count). The third kappa shape index (κ3) is 9.85. The average Bonchev–Trinajstić information content (AvgIpc) is 2.55. The molecule has 0 heterocycles. The van der Waals surface area contributed by atoms with Gasteiger partial charge in [0.05, 0.1) is 12.4 Å². The zero-order valence-electron chi connectivity index (χ0n) is 15.8. The highest BCUT2D eigenvalue weighted by atomic mass is 32.2. The lowest BCUT2D eigenvalue weighted by molar-refractivity contribution is 0.305. The second-order valence-corrected chi connectivity index (χ2v) is 8.22. The van der Waals surface area contributed by atoms with Crippen LogP contribution < -0.4 is 4.74 Å². The standard InChI is InChI=1S/C20H34O4S/c1-3-5-7-12-18-13-11-15-20(19(18)14-8-6-4-2)24-16-9-10-17-25(21,22)23/h11,13,15H,3-10,12,14,16-17H2,1-2H3,(H,21,22,23). The number of hydrogen-bond donors (Lipinski definition) is 1. The third-order valence-corrected chi connectivity index (χ3v) is 5.17. The van der Waals surface area contributed by atoms with Gasteiger partial charge in [-0.1, -0.05) is 51.7 Å². The van der Waals surface area contributed by atoms with Gasteiger partial charge in [0, 0.05) is 0 Å². The molecule has 0 aromatic heterocycles. The SMILES string of the molecule is CCCCCc1cccc(OCCCCS(=O)(=O)O)c1CCCCC. The highest BCUT2D eigenvalue weighted by Gasteiger charge is 2.10. The van der Waals surface area contributed by atoms with E-state index in [1.54, 1.807) is 0 Å². The van der Waals surface area contributed by atoms with Crippen LogP contribution in [0.2, 0.25) is 0 Å². The van der Waals surface area contributed by atoms with Crippen molar-refractivity contribution in [3.63, 3.8) is 0 Å². The summed E-state index contributed by atoms with van der Waals surface area (Å²) in [5.74, 6) is 0.744. The third-order valence-electron chi connectivity index (χ3n) is 4.36. The molecule has 0 radical (unpaired) electrons. The summed E-state index contributed by atoms with van der Waals surface area (Å²) in [5.41, 5.74) is 2.71. The Morgan fingerprint density at radius 3 is 2.24 bits per heavy atom. The van der Waals surface area contributed by atoms with Crippen molar-refractivity contribution >= 4 is 10.1 Å². The van der Waals surface area contributed by atoms with Gasteiger partial charge in [-0.2, -0.15) is 8.42 Å². The predicted molar refractivity (Wildman–Crippen MR) is 104 cm³/mol. The van der Waals surface area contributed by atoms with Crippen LogP contribution >= 0.6 is 0 Å². The summed E-state index contributed by atoms with van der Waals surface area (Å²) < 4.78 is 36.2. The summed E-state index contributed by atoms with van der Waals surface area (Å²) in [7, 11) is -3.87. The molecular weight excluding hydrogens is 336 g/mol. The van der Waals surface area contributed by atoms with Crippen molar-refractivity contribution < 1.29 is 17.7 Å². The van der Waals surface area contributed by atoms with E-state index in [1.165, 1.54) is 49.7 Å². The number of rotatable bonds is 14. The molecule has 0 aliphatic rings. The maximum Gasteiger partial charge on any atom is 0.264 e. The zero-order chi connectivity index (χ0) is 18.5. The molecule has 0 amide bonds. The quantitative estimate of drug-likeness (QED) is 0.361. The number of ether oxygens (including phenoxy) is 1. The number of aryl methyl sites for hydroxylation is 1. The predicted octanol–water partition coefficient (Wildman–Crippen LogP) is 5.20. The van der Waals surface area contributed by atoms with Crippen LogP contribution in [0.3, 0.4) is 0 Å². The molecule has 0 atom stereocenters. The Bertz CT molecular complexity index is 581. The number of unbranched alkanes of at least 4 members (excludes halogenated alkanes) is 5. The van der Waals surface area contributed by atoms with E-state index in [0.717, 1.165) is 18.6 Å². The Hall–Kier alpha value is -1.07. The highest BCUT2D eigenvalue weighted by molar-refractivity contribution is 7.85. The van der Waals surface area contributed by atoms with Gasteiger partial charge in [0.1, 0.15) is 5.75 Å². The maximum absolute atomic E-state index is 10.7. The smallest absolute Gasteiger partial charge is 0.264 e. The molecule has 5 heteroatoms. The average molecular weight is 371 g/mol. The van der Waals surface area contributed by atoms with Gasteiger partial charge in [0.15, 0.2) is 0 Å². The van der Waals surface area contributed by atoms with E-state index in [0.29, 0.717) is 19.4 Å². The summed E-state index contributed by atoms with van der Waals surface area (Å²) in [6, 6.07) is 6.29. The molecule has 144 valence electrons. The zero-order valence-corrected chi connectivity index (χ0v) is 16.6. The summed E-state index contributed by atoms with van der Waals surface area (Å²) >= 11 is 0. The molecule has 1 aromatic carbocycles. The van der Waals surface area contributed by atoms with Crippen LogP contribution in [0, 0.1) is 0 Å². The van der Waals surface area contributed by atoms with Crippen LogP contribution in [0.1, 0.15) is 76.3 Å². The second kappa shape index (κ2) is 12.3. The molecule has 25 heavy (non-hydrogen) atoms. The Morgan fingerprint density at radius 1 is 0.920 bits per heavy atom. The number of hydrogen-bond acceptors (Lipinski definition) is 3. The fraction of sp³-hybridized carbons (Fsp3) is 0.700. The van der Waals surface area contributed by atoms with Crippen LogP contribution in [-0.2, 0) is 23.0 Å². The minimum atomic E-state index is -3.87. The molecule has 0 bridgehead atoms. The lowest BCUT2D eigenvalue weighted by Crippen LogP contribution is -2.07. The minimum absolute atomic E-state index is 0.198. The van der Waals surface area contributed by atoms with E-state index in [4.69, 9.17) is 9.29 Å². The van der Waals surface area contributed by atoms with Crippen molar-refractivity contribution in [3.05, 3.63) is 29.3 Å². The molecule has 0 saturated heterocycles. The maximum atomic E-state index is 10.7. The van der Waals surface area contributed by atoms with Crippen LogP contribution in [0.4, 0.5) is 0 Å². The second-order valence-electron chi connectivity index (χ2n) is 6.65. The van der Waals surface area contributed by atoms with Crippen molar-refractivity contribution in [2.24, 2.45) is 0 Å². The fourth-order valence-corrected chi connectivity index (χ4v) is 3.52. The first-order chi connectivity index (χ1) is 12.0. The fourth-order valence-electron chi connectivity index (χ4n) is 2.95. The largest absolute Gasteiger partial charge is 0.493 e. The van der Waals surface area contributed by atoms with Crippen molar-refractivity contribution in [2.45, 2.75) is 78.1 Å². The van der Waals surface area contributed by atoms with Gasteiger partial charge in [-0.25, -0.2) is 0 Å². The first-order valence-corrected chi connectivity index (χ1v) is 11.3. The molecule has 1 aromatic rings. The van der Waals surface area contributed by atoms with Crippen LogP contribution in [-0.4, -0.2) is 25.3 Å². The molecule has 0 aliphatic heterocycles. The van der Waals surface area contributed by atoms with Gasteiger partial charge in [-0.15, -0.1) is 0 Å². The van der Waals surface area contributed by atoms with Crippen LogP contribution in [0.15, 0.2) is 18.2 Å². The van der Waals surface area contributed by atoms with Gasteiger partial charge in [0.25, 0.3) is 10.1 Å². The van der Waals surface area contributed by atoms with Crippen LogP contribution in [0.25, 0.3) is 0 Å². The Morgan fingerprint density at radius 2 is 1.60 bits per heavy atom. The summed E-state index contributed by atoms with van der Waals surface area (Å²) in [6.07, 6.45) is 10.4. The van der Waals surface area contributed by atoms with E-state index in [9.17, 15) is 8.42 Å². The molecule has 0 fully saturated rings. The Kier molecular flexibility index (Phi) is 10.8. The van der Waals surface area contributed by atoms with E-state index in [-0.39, 0.29) is 5.75 Å². The van der Waals surface area contributed by atoms with Gasteiger partial charge in [-0.05, 0) is 55.7 Å². The van der Waals surface area contributed by atoms with E-state index < -0.39 is 10.1 Å². The first-order valence-electron chi connectivity index (χ1n) is 9.66. The molecule has 0 unspecified atom stereocenters. The normalized spacial score (nSPS) is 11.6. The summed E-state index contributed by atoms with van der Waals surface area (Å²) in [5, 5.41) is 0. The summed E-state index contributed by atoms with van der Waals surface area (Å²) in [4.78, 5) is 0. The number of benzene rings is 1. The molecule has 4 nitrogen and oxygen atoms in total. The molecular formula is C20H34O4S. The topological polar surface area (TPSA) is 63.6 Å². The minimum Gasteiger partial charge on any atom is -0.493 e. The van der Waals surface area contributed by atoms with Crippen molar-refractivity contribution in [1.29, 1.82) is 0 Å². The molecule has 0 spiro atoms. The monoisotopic (exact) mass is 370 g/mol. The van der Waals surface area contributed by atoms with Gasteiger partial charge >= 0.3 is 0 Å². The highest BCUT2D eigenvalue weighted by Crippen LogP contribution is 2.26. The van der Waals surface area contributed by atoms with Crippen molar-refractivity contribution in [2.75, 3.05) is 12.4 Å². The molecule has 0 saturated carbocycles.